The maximum absolute atomic E-state index is 13.4. The van der Waals surface area contributed by atoms with Crippen LogP contribution in [0.1, 0.15) is 51.5 Å². The number of aromatic nitrogens is 1. The third-order valence-corrected chi connectivity index (χ3v) is 7.31. The van der Waals surface area contributed by atoms with Crippen LogP contribution in [0, 0.1) is 5.92 Å². The van der Waals surface area contributed by atoms with Crippen molar-refractivity contribution in [3.63, 3.8) is 0 Å². The number of rotatable bonds is 6. The number of piperidine rings is 2. The molecule has 2 fully saturated rings. The first-order valence-corrected chi connectivity index (χ1v) is 12.1. The zero-order valence-corrected chi connectivity index (χ0v) is 19.2. The van der Waals surface area contributed by atoms with Crippen LogP contribution in [0.25, 0.3) is 10.9 Å². The number of alkyl halides is 3. The van der Waals surface area contributed by atoms with Gasteiger partial charge < -0.3 is 4.90 Å². The van der Waals surface area contributed by atoms with Crippen LogP contribution in [0.2, 0.25) is 0 Å². The highest BCUT2D eigenvalue weighted by molar-refractivity contribution is 5.94. The Bertz CT molecular complexity index is 888. The Kier molecular flexibility index (Phi) is 7.25. The van der Waals surface area contributed by atoms with E-state index >= 15 is 0 Å². The molecule has 4 rings (SSSR count). The molecule has 7 heteroatoms. The van der Waals surface area contributed by atoms with Crippen LogP contribution in [-0.2, 0) is 6.18 Å². The Labute approximate surface area is 189 Å². The molecule has 0 saturated carbocycles. The van der Waals surface area contributed by atoms with Crippen LogP contribution in [0.4, 0.5) is 18.9 Å². The molecule has 176 valence electrons. The number of anilines is 1. The normalized spacial score (nSPS) is 21.6. The predicted octanol–water partition coefficient (Wildman–Crippen LogP) is 5.62. The third kappa shape index (κ3) is 4.88. The minimum Gasteiger partial charge on any atom is -0.371 e. The van der Waals surface area contributed by atoms with Crippen molar-refractivity contribution in [1.29, 1.82) is 0 Å². The molecule has 3 heterocycles. The Hall–Kier alpha value is -1.86. The van der Waals surface area contributed by atoms with Crippen molar-refractivity contribution >= 4 is 16.6 Å². The van der Waals surface area contributed by atoms with Crippen LogP contribution in [0.3, 0.4) is 0 Å². The molecule has 0 amide bonds. The highest BCUT2D eigenvalue weighted by atomic mass is 19.4. The molecule has 0 spiro atoms. The topological polar surface area (TPSA) is 22.6 Å². The van der Waals surface area contributed by atoms with Crippen molar-refractivity contribution in [1.82, 2.24) is 14.8 Å². The summed E-state index contributed by atoms with van der Waals surface area (Å²) in [4.78, 5) is 11.6. The maximum atomic E-state index is 13.4. The second-order valence-electron chi connectivity index (χ2n) is 9.15. The lowest BCUT2D eigenvalue weighted by atomic mass is 9.93. The van der Waals surface area contributed by atoms with Gasteiger partial charge in [0.1, 0.15) is 0 Å². The number of likely N-dealkylation sites (tertiary alicyclic amines) is 1. The van der Waals surface area contributed by atoms with E-state index in [9.17, 15) is 13.2 Å². The van der Waals surface area contributed by atoms with E-state index in [-0.39, 0.29) is 5.52 Å². The first kappa shape index (κ1) is 23.3. The number of hydrogen-bond acceptors (Lipinski definition) is 4. The number of halogens is 3. The molecule has 2 aliphatic rings. The third-order valence-electron chi connectivity index (χ3n) is 7.31. The monoisotopic (exact) mass is 448 g/mol. The summed E-state index contributed by atoms with van der Waals surface area (Å²) in [6, 6.07) is 6.32. The lowest BCUT2D eigenvalue weighted by Gasteiger charge is -2.44. The van der Waals surface area contributed by atoms with Gasteiger partial charge in [-0.2, -0.15) is 13.2 Å². The number of hydrogen-bond donors (Lipinski definition) is 0. The summed E-state index contributed by atoms with van der Waals surface area (Å²) in [6.45, 7) is 10.7. The molecule has 2 aromatic rings. The molecule has 1 unspecified atom stereocenters. The van der Waals surface area contributed by atoms with Crippen molar-refractivity contribution in [2.45, 2.75) is 58.3 Å². The lowest BCUT2D eigenvalue weighted by Crippen LogP contribution is -2.53. The van der Waals surface area contributed by atoms with Crippen LogP contribution in [0.15, 0.2) is 30.5 Å². The Balaban J connectivity index is 1.45. The van der Waals surface area contributed by atoms with E-state index in [1.165, 1.54) is 38.1 Å². The highest BCUT2D eigenvalue weighted by Gasteiger charge is 2.34. The average molecular weight is 449 g/mol. The molecule has 2 aliphatic heterocycles. The predicted molar refractivity (Wildman–Crippen MR) is 124 cm³/mol. The van der Waals surface area contributed by atoms with Gasteiger partial charge in [-0.3, -0.25) is 14.8 Å². The molecule has 1 aromatic heterocycles. The van der Waals surface area contributed by atoms with E-state index in [2.05, 4.69) is 33.5 Å². The van der Waals surface area contributed by atoms with Gasteiger partial charge >= 0.3 is 6.18 Å². The van der Waals surface area contributed by atoms with Crippen LogP contribution in [0.5, 0.6) is 0 Å². The summed E-state index contributed by atoms with van der Waals surface area (Å²) in [5, 5.41) is 0.596. The van der Waals surface area contributed by atoms with Gasteiger partial charge in [0, 0.05) is 36.9 Å². The Morgan fingerprint density at radius 1 is 1.00 bits per heavy atom. The molecule has 1 atom stereocenters. The van der Waals surface area contributed by atoms with Crippen molar-refractivity contribution < 1.29 is 13.2 Å². The number of benzene rings is 1. The number of pyridine rings is 1. The van der Waals surface area contributed by atoms with E-state index in [1.807, 2.05) is 0 Å². The van der Waals surface area contributed by atoms with E-state index in [0.717, 1.165) is 51.3 Å². The molecule has 4 nitrogen and oxygen atoms in total. The number of fused-ring (bicyclic) bond motifs is 1. The summed E-state index contributed by atoms with van der Waals surface area (Å²) < 4.78 is 40.3. The lowest BCUT2D eigenvalue weighted by molar-refractivity contribution is -0.136. The van der Waals surface area contributed by atoms with Gasteiger partial charge in [0.15, 0.2) is 0 Å². The first-order chi connectivity index (χ1) is 15.4. The molecule has 0 radical (unpaired) electrons. The summed E-state index contributed by atoms with van der Waals surface area (Å²) in [7, 11) is 0. The van der Waals surface area contributed by atoms with Crippen molar-refractivity contribution in [2.24, 2.45) is 5.92 Å². The Morgan fingerprint density at radius 2 is 1.75 bits per heavy atom. The highest BCUT2D eigenvalue weighted by Crippen LogP contribution is 2.38. The van der Waals surface area contributed by atoms with E-state index in [1.54, 1.807) is 18.2 Å². The number of nitrogens with zero attached hydrogens (tertiary/aromatic N) is 4. The standard InChI is InChI=1S/C25H35F3N4/c1-3-30(4-2)23-9-5-6-15-32(23)18-19-12-16-31(17-13-19)22-11-10-21(25(26,27)28)24-20(22)8-7-14-29-24/h7-8,10-11,14,19,23H,3-6,9,12-13,15-18H2,1-2H3. The van der Waals surface area contributed by atoms with Gasteiger partial charge in [0.2, 0.25) is 0 Å². The molecule has 0 aliphatic carbocycles. The second-order valence-corrected chi connectivity index (χ2v) is 9.15. The molecular formula is C25H35F3N4. The molecule has 0 bridgehead atoms. The van der Waals surface area contributed by atoms with Crippen LogP contribution in [-0.4, -0.2) is 60.2 Å². The molecule has 1 aromatic carbocycles. The molecule has 2 saturated heterocycles. The summed E-state index contributed by atoms with van der Waals surface area (Å²) in [5.41, 5.74) is 0.271. The van der Waals surface area contributed by atoms with Gasteiger partial charge in [0.25, 0.3) is 0 Å². The Morgan fingerprint density at radius 3 is 2.44 bits per heavy atom. The first-order valence-electron chi connectivity index (χ1n) is 12.1. The second kappa shape index (κ2) is 9.96. The minimum atomic E-state index is -4.39. The quantitative estimate of drug-likeness (QED) is 0.572. The summed E-state index contributed by atoms with van der Waals surface area (Å²) in [6.07, 6.45) is 3.60. The fraction of sp³-hybridized carbons (Fsp3) is 0.640. The van der Waals surface area contributed by atoms with E-state index < -0.39 is 11.7 Å². The van der Waals surface area contributed by atoms with Crippen molar-refractivity contribution in [2.75, 3.05) is 44.2 Å². The van der Waals surface area contributed by atoms with Gasteiger partial charge in [-0.1, -0.05) is 13.8 Å². The maximum Gasteiger partial charge on any atom is 0.418 e. The molecular weight excluding hydrogens is 413 g/mol. The van der Waals surface area contributed by atoms with E-state index in [4.69, 9.17) is 0 Å². The van der Waals surface area contributed by atoms with Crippen molar-refractivity contribution in [3.8, 4) is 0 Å². The van der Waals surface area contributed by atoms with Crippen molar-refractivity contribution in [3.05, 3.63) is 36.0 Å². The van der Waals surface area contributed by atoms with Gasteiger partial charge in [-0.15, -0.1) is 0 Å². The summed E-state index contributed by atoms with van der Waals surface area (Å²) in [5.74, 6) is 0.640. The molecule has 0 N–H and O–H groups in total. The largest absolute Gasteiger partial charge is 0.418 e. The van der Waals surface area contributed by atoms with Crippen LogP contribution >= 0.6 is 0 Å². The van der Waals surface area contributed by atoms with Gasteiger partial charge in [0.05, 0.1) is 17.2 Å². The fourth-order valence-corrected chi connectivity index (χ4v) is 5.60. The zero-order valence-electron chi connectivity index (χ0n) is 19.2. The van der Waals surface area contributed by atoms with Gasteiger partial charge in [-0.25, -0.2) is 0 Å². The fourth-order valence-electron chi connectivity index (χ4n) is 5.60. The van der Waals surface area contributed by atoms with E-state index in [0.29, 0.717) is 17.5 Å². The van der Waals surface area contributed by atoms with Crippen LogP contribution < -0.4 is 4.90 Å². The SMILES string of the molecule is CCN(CC)C1CCCCN1CC1CCN(c2ccc(C(F)(F)F)c3ncccc23)CC1. The van der Waals surface area contributed by atoms with Gasteiger partial charge in [-0.05, 0) is 81.9 Å². The smallest absolute Gasteiger partial charge is 0.371 e. The zero-order chi connectivity index (χ0) is 22.7. The minimum absolute atomic E-state index is 0.0509. The summed E-state index contributed by atoms with van der Waals surface area (Å²) >= 11 is 0. The average Bonchev–Trinajstić information content (AvgIpc) is 2.80. The molecule has 32 heavy (non-hydrogen) atoms.